The molecule has 0 saturated carbocycles. The summed E-state index contributed by atoms with van der Waals surface area (Å²) in [5.74, 6) is 0. The predicted octanol–water partition coefficient (Wildman–Crippen LogP) is 38.3. The number of nitrogens with zero attached hydrogens (tertiary/aromatic N) is 5. The Hall–Kier alpha value is -19.1. The average molecular weight is 1890 g/mol. The van der Waals surface area contributed by atoms with Gasteiger partial charge in [-0.15, -0.1) is 0 Å². The molecule has 0 amide bonds. The summed E-state index contributed by atoms with van der Waals surface area (Å²) >= 11 is 0. The lowest BCUT2D eigenvalue weighted by Crippen LogP contribution is -2.28. The standard InChI is InChI=1S/C73H46N2O.C69H47N3/c1-4-16-47(17-5-1)48-30-36-54(37-31-48)74(55-38-32-49(33-39-55)57-24-14-27-64-61-23-11-13-29-70(61)76-72(57)64)56-40-42-59-58-41-34-51(45-66(58)73(67(59)46-56,52-18-6-2-7-19-52)53-20-8-3-9-21-53)50-35-43-69-65(44-50)63-26-15-25-62-60-22-10-12-28-68(60)75(69)71(62)63;1-69(2)62-42-49(48-30-39-67-61(41-48)59-21-13-20-58-56-18-9-12-23-65(56)72(67)68(58)59)28-36-54(62)55-37-35-53(43-63(55)69)70(51-31-24-45(25-32-51)44-14-5-3-6-15-44)52-33-26-46(27-34-52)47-29-38-66-60(40-47)57-19-10-11-22-64(57)71(66)50-16-7-4-8-17-50/h1-46H;3-43H,1-2H3. The molecule has 692 valence electrons. The van der Waals surface area contributed by atoms with Crippen LogP contribution in [-0.2, 0) is 10.8 Å². The minimum atomic E-state index is -0.642. The number of furan rings is 1. The zero-order valence-corrected chi connectivity index (χ0v) is 81.4. The van der Waals surface area contributed by atoms with Crippen molar-refractivity contribution in [3.8, 4) is 94.7 Å². The molecule has 0 fully saturated rings. The summed E-state index contributed by atoms with van der Waals surface area (Å²) in [6.45, 7) is 4.80. The summed E-state index contributed by atoms with van der Waals surface area (Å²) in [5.41, 5.74) is 45.6. The van der Waals surface area contributed by atoms with E-state index in [1.165, 1.54) is 215 Å². The van der Waals surface area contributed by atoms with Crippen LogP contribution in [0.15, 0.2) is 532 Å². The van der Waals surface area contributed by atoms with Crippen LogP contribution in [0.2, 0.25) is 0 Å². The van der Waals surface area contributed by atoms with Crippen molar-refractivity contribution in [1.29, 1.82) is 0 Å². The quantitative estimate of drug-likeness (QED) is 0.103. The second-order valence-corrected chi connectivity index (χ2v) is 40.5. The van der Waals surface area contributed by atoms with Gasteiger partial charge >= 0.3 is 0 Å². The Bertz CT molecular complexity index is 10300. The molecule has 0 radical (unpaired) electrons. The molecule has 0 atom stereocenters. The Balaban J connectivity index is 0.000000137. The van der Waals surface area contributed by atoms with Gasteiger partial charge < -0.3 is 27.6 Å². The van der Waals surface area contributed by atoms with Gasteiger partial charge in [0.25, 0.3) is 0 Å². The maximum atomic E-state index is 6.53. The second kappa shape index (κ2) is 33.2. The minimum Gasteiger partial charge on any atom is -0.455 e. The Morgan fingerprint density at radius 1 is 0.189 bits per heavy atom. The van der Waals surface area contributed by atoms with Crippen molar-refractivity contribution in [2.75, 3.05) is 9.80 Å². The SMILES string of the molecule is CC1(C)c2cc(-c3ccc4c(c3)c3cccc5c6ccccc6n4c53)ccc2-c2ccc(N(c3ccc(-c4ccccc4)cc3)c3ccc(-c4ccc5c(c4)c4ccccc4n5-c4ccccc4)cc3)cc21.c1ccc(-c2ccc(N(c3ccc(-c4cccc5c4oc4ccccc45)cc3)c3ccc4c(c3)C(c3ccccc3)(c3ccccc3)c3cc(-c5ccc6c(c5)c5cccc7c8ccccc8n6c75)ccc3-4)cc2)cc1. The van der Waals surface area contributed by atoms with Gasteiger partial charge in [0, 0.05) is 115 Å². The van der Waals surface area contributed by atoms with Gasteiger partial charge in [0.2, 0.25) is 0 Å². The smallest absolute Gasteiger partial charge is 0.143 e. The Morgan fingerprint density at radius 3 is 0.986 bits per heavy atom. The van der Waals surface area contributed by atoms with E-state index < -0.39 is 5.41 Å². The van der Waals surface area contributed by atoms with Crippen LogP contribution in [0.1, 0.15) is 47.2 Å². The van der Waals surface area contributed by atoms with Gasteiger partial charge in [-0.1, -0.05) is 384 Å². The highest BCUT2D eigenvalue weighted by Crippen LogP contribution is 2.60. The number of fused-ring (bicyclic) bond motifs is 24. The van der Waals surface area contributed by atoms with Crippen LogP contribution in [-0.4, -0.2) is 13.4 Å². The first-order valence-corrected chi connectivity index (χ1v) is 51.3. The van der Waals surface area contributed by atoms with Crippen molar-refractivity contribution in [3.05, 3.63) is 561 Å². The molecular weight excluding hydrogens is 1790 g/mol. The third-order valence-corrected chi connectivity index (χ3v) is 32.3. The predicted molar refractivity (Wildman–Crippen MR) is 621 cm³/mol. The van der Waals surface area contributed by atoms with E-state index in [9.17, 15) is 0 Å². The van der Waals surface area contributed by atoms with Crippen LogP contribution in [0.5, 0.6) is 0 Å². The molecule has 2 aliphatic carbocycles. The van der Waals surface area contributed by atoms with E-state index >= 15 is 0 Å². The molecule has 2 aliphatic rings. The number of anilines is 6. The Morgan fingerprint density at radius 2 is 0.486 bits per heavy atom. The van der Waals surface area contributed by atoms with Gasteiger partial charge in [-0.2, -0.15) is 0 Å². The number of hydrogen-bond donors (Lipinski definition) is 0. The summed E-state index contributed by atoms with van der Waals surface area (Å²) < 4.78 is 13.8. The van der Waals surface area contributed by atoms with Crippen molar-refractivity contribution in [2.24, 2.45) is 0 Å². The average Bonchev–Trinajstić information content (AvgIpc) is 1.51. The largest absolute Gasteiger partial charge is 0.455 e. The van der Waals surface area contributed by atoms with Crippen LogP contribution in [0.25, 0.3) is 215 Å². The molecule has 148 heavy (non-hydrogen) atoms. The number of aromatic nitrogens is 3. The normalized spacial score (nSPS) is 12.9. The summed E-state index contributed by atoms with van der Waals surface area (Å²) in [6.07, 6.45) is 0. The molecule has 6 heteroatoms. The molecule has 29 aromatic rings. The molecule has 0 unspecified atom stereocenters. The molecule has 6 heterocycles. The molecule has 6 aromatic heterocycles. The highest BCUT2D eigenvalue weighted by molar-refractivity contribution is 6.26. The fourth-order valence-corrected chi connectivity index (χ4v) is 25.4. The van der Waals surface area contributed by atoms with Crippen molar-refractivity contribution in [1.82, 2.24) is 13.4 Å². The van der Waals surface area contributed by atoms with Crippen LogP contribution >= 0.6 is 0 Å². The van der Waals surface area contributed by atoms with Gasteiger partial charge in [-0.25, -0.2) is 0 Å². The van der Waals surface area contributed by atoms with E-state index in [0.29, 0.717) is 0 Å². The lowest BCUT2D eigenvalue weighted by Gasteiger charge is -2.35. The van der Waals surface area contributed by atoms with Crippen molar-refractivity contribution < 1.29 is 4.42 Å². The molecule has 0 N–H and O–H groups in total. The van der Waals surface area contributed by atoms with E-state index in [1.807, 2.05) is 6.07 Å². The fourth-order valence-electron chi connectivity index (χ4n) is 25.4. The molecule has 0 bridgehead atoms. The van der Waals surface area contributed by atoms with Crippen LogP contribution < -0.4 is 9.80 Å². The van der Waals surface area contributed by atoms with E-state index in [4.69, 9.17) is 4.42 Å². The van der Waals surface area contributed by atoms with Crippen LogP contribution in [0.3, 0.4) is 0 Å². The number of hydrogen-bond acceptors (Lipinski definition) is 3. The number of benzene rings is 23. The Labute approximate surface area is 856 Å². The minimum absolute atomic E-state index is 0.231. The number of rotatable bonds is 15. The van der Waals surface area contributed by atoms with Gasteiger partial charge in [0.05, 0.1) is 49.5 Å². The van der Waals surface area contributed by atoms with E-state index in [0.717, 1.165) is 67.2 Å². The maximum absolute atomic E-state index is 6.53. The van der Waals surface area contributed by atoms with Gasteiger partial charge in [-0.3, -0.25) is 0 Å². The molecule has 23 aromatic carbocycles. The fraction of sp³-hybridized carbons (Fsp3) is 0.0282. The highest BCUT2D eigenvalue weighted by atomic mass is 16.3. The zero-order valence-electron chi connectivity index (χ0n) is 81.4. The number of para-hydroxylation sites is 8. The van der Waals surface area contributed by atoms with Gasteiger partial charge in [-0.05, 0) is 275 Å². The lowest BCUT2D eigenvalue weighted by molar-refractivity contribution is 0.660. The molecule has 0 saturated heterocycles. The molecule has 6 nitrogen and oxygen atoms in total. The highest BCUT2D eigenvalue weighted by Gasteiger charge is 2.47. The molecule has 31 rings (SSSR count). The van der Waals surface area contributed by atoms with Gasteiger partial charge in [0.15, 0.2) is 0 Å². The first kappa shape index (κ1) is 84.5. The summed E-state index contributed by atoms with van der Waals surface area (Å²) in [6, 6.07) is 195. The third kappa shape index (κ3) is 13.0. The second-order valence-electron chi connectivity index (χ2n) is 40.5. The van der Waals surface area contributed by atoms with Crippen molar-refractivity contribution >= 4 is 154 Å². The van der Waals surface area contributed by atoms with E-state index in [-0.39, 0.29) is 5.41 Å². The van der Waals surface area contributed by atoms with Crippen LogP contribution in [0.4, 0.5) is 34.1 Å². The monoisotopic (exact) mass is 1880 g/mol. The first-order chi connectivity index (χ1) is 73.1. The van der Waals surface area contributed by atoms with E-state index in [2.05, 4.69) is 559 Å². The molecule has 0 spiro atoms. The molecule has 0 aliphatic heterocycles. The first-order valence-electron chi connectivity index (χ1n) is 51.3. The molecular formula is C142H93N5O. The summed E-state index contributed by atoms with van der Waals surface area (Å²) in [5, 5.41) is 15.1. The van der Waals surface area contributed by atoms with E-state index in [1.54, 1.807) is 0 Å². The lowest BCUT2D eigenvalue weighted by atomic mass is 9.67. The van der Waals surface area contributed by atoms with Gasteiger partial charge in [0.1, 0.15) is 11.2 Å². The third-order valence-electron chi connectivity index (χ3n) is 32.3. The Kier molecular flexibility index (Phi) is 19.0. The van der Waals surface area contributed by atoms with Crippen LogP contribution in [0, 0.1) is 0 Å². The maximum Gasteiger partial charge on any atom is 0.143 e. The summed E-state index contributed by atoms with van der Waals surface area (Å²) in [4.78, 5) is 4.84. The van der Waals surface area contributed by atoms with Crippen molar-refractivity contribution in [2.45, 2.75) is 24.7 Å². The zero-order chi connectivity index (χ0) is 97.6. The summed E-state index contributed by atoms with van der Waals surface area (Å²) in [7, 11) is 0. The van der Waals surface area contributed by atoms with Crippen molar-refractivity contribution in [3.63, 3.8) is 0 Å². The topological polar surface area (TPSA) is 33.4 Å².